The number of carbonyl (C=O) groups excluding carboxylic acids is 1. The van der Waals surface area contributed by atoms with E-state index in [2.05, 4.69) is 22.1 Å². The number of anilines is 1. The van der Waals surface area contributed by atoms with Gasteiger partial charge in [-0.05, 0) is 37.3 Å². The quantitative estimate of drug-likeness (QED) is 0.309. The minimum atomic E-state index is -4.63. The number of aromatic nitrogens is 3. The molecule has 0 saturated carbocycles. The van der Waals surface area contributed by atoms with E-state index in [0.717, 1.165) is 29.5 Å². The number of hydrogen-bond donors (Lipinski definition) is 1. The highest BCUT2D eigenvalue weighted by molar-refractivity contribution is 8.00. The molecule has 3 rings (SSSR count). The number of allylic oxidation sites excluding steroid dienone is 1. The summed E-state index contributed by atoms with van der Waals surface area (Å²) in [5.41, 5.74) is -0.306. The average Bonchev–Trinajstić information content (AvgIpc) is 3.16. The summed E-state index contributed by atoms with van der Waals surface area (Å²) in [4.78, 5) is 12.7. The maximum absolute atomic E-state index is 13.1. The van der Waals surface area contributed by atoms with Crippen molar-refractivity contribution in [1.29, 1.82) is 0 Å². The first-order chi connectivity index (χ1) is 15.7. The zero-order valence-corrected chi connectivity index (χ0v) is 19.3. The highest BCUT2D eigenvalue weighted by Crippen LogP contribution is 2.36. The molecular formula is C22H20ClF3N4O2S. The van der Waals surface area contributed by atoms with Crippen LogP contribution >= 0.6 is 23.4 Å². The summed E-state index contributed by atoms with van der Waals surface area (Å²) in [7, 11) is 1.55. The lowest BCUT2D eigenvalue weighted by Crippen LogP contribution is -2.23. The van der Waals surface area contributed by atoms with Crippen LogP contribution in [0, 0.1) is 0 Å². The van der Waals surface area contributed by atoms with Gasteiger partial charge < -0.3 is 10.1 Å². The molecule has 1 atom stereocenters. The fourth-order valence-electron chi connectivity index (χ4n) is 2.97. The third-order valence-electron chi connectivity index (χ3n) is 4.57. The zero-order chi connectivity index (χ0) is 24.2. The molecule has 0 aliphatic heterocycles. The van der Waals surface area contributed by atoms with E-state index in [1.54, 1.807) is 30.7 Å². The van der Waals surface area contributed by atoms with Gasteiger partial charge in [0.2, 0.25) is 5.91 Å². The van der Waals surface area contributed by atoms with Crippen LogP contribution in [0.1, 0.15) is 12.5 Å². The Morgan fingerprint density at radius 2 is 2.03 bits per heavy atom. The third-order valence-corrected chi connectivity index (χ3v) is 5.98. The largest absolute Gasteiger partial charge is 0.496 e. The van der Waals surface area contributed by atoms with Gasteiger partial charge in [0.05, 0.1) is 28.5 Å². The number of halogens is 4. The van der Waals surface area contributed by atoms with Gasteiger partial charge >= 0.3 is 6.18 Å². The van der Waals surface area contributed by atoms with Crippen molar-refractivity contribution in [3.05, 3.63) is 65.7 Å². The number of para-hydroxylation sites is 1. The van der Waals surface area contributed by atoms with Crippen molar-refractivity contribution in [2.75, 3.05) is 12.4 Å². The Labute approximate surface area is 197 Å². The average molecular weight is 497 g/mol. The van der Waals surface area contributed by atoms with E-state index in [-0.39, 0.29) is 5.69 Å². The molecule has 0 radical (unpaired) electrons. The zero-order valence-electron chi connectivity index (χ0n) is 17.7. The lowest BCUT2D eigenvalue weighted by Gasteiger charge is -2.15. The molecule has 1 amide bonds. The monoisotopic (exact) mass is 496 g/mol. The number of alkyl halides is 3. The molecule has 174 valence electrons. The molecule has 1 N–H and O–H groups in total. The van der Waals surface area contributed by atoms with Crippen LogP contribution < -0.4 is 10.1 Å². The second kappa shape index (κ2) is 10.3. The van der Waals surface area contributed by atoms with Crippen LogP contribution in [0.4, 0.5) is 18.9 Å². The smallest absolute Gasteiger partial charge is 0.417 e. The van der Waals surface area contributed by atoms with Crippen molar-refractivity contribution in [3.8, 4) is 17.1 Å². The topological polar surface area (TPSA) is 69.0 Å². The van der Waals surface area contributed by atoms with Crippen molar-refractivity contribution in [3.63, 3.8) is 0 Å². The lowest BCUT2D eigenvalue weighted by atomic mass is 10.2. The molecule has 33 heavy (non-hydrogen) atoms. The lowest BCUT2D eigenvalue weighted by molar-refractivity contribution is -0.137. The molecule has 1 heterocycles. The molecule has 1 unspecified atom stereocenters. The molecule has 1 aromatic heterocycles. The van der Waals surface area contributed by atoms with Crippen LogP contribution in [0.2, 0.25) is 5.02 Å². The Morgan fingerprint density at radius 3 is 2.70 bits per heavy atom. The number of rotatable bonds is 8. The number of nitrogens with zero attached hydrogens (tertiary/aromatic N) is 3. The Hall–Kier alpha value is -2.98. The summed E-state index contributed by atoms with van der Waals surface area (Å²) >= 11 is 6.76. The predicted octanol–water partition coefficient (Wildman–Crippen LogP) is 5.93. The van der Waals surface area contributed by atoms with Gasteiger partial charge in [0.25, 0.3) is 0 Å². The maximum atomic E-state index is 13.1. The minimum absolute atomic E-state index is 0.00792. The highest BCUT2D eigenvalue weighted by atomic mass is 35.5. The van der Waals surface area contributed by atoms with Crippen molar-refractivity contribution in [2.24, 2.45) is 0 Å². The Morgan fingerprint density at radius 1 is 1.30 bits per heavy atom. The number of benzene rings is 2. The summed E-state index contributed by atoms with van der Waals surface area (Å²) in [6.07, 6.45) is -2.96. The second-order valence-electron chi connectivity index (χ2n) is 6.85. The summed E-state index contributed by atoms with van der Waals surface area (Å²) in [6.45, 7) is 5.76. The fraction of sp³-hybridized carbons (Fsp3) is 0.227. The molecule has 0 aliphatic carbocycles. The molecule has 0 aliphatic rings. The first-order valence-corrected chi connectivity index (χ1v) is 10.9. The predicted molar refractivity (Wildman–Crippen MR) is 123 cm³/mol. The number of nitrogens with one attached hydrogen (secondary N) is 1. The van der Waals surface area contributed by atoms with Crippen molar-refractivity contribution in [2.45, 2.75) is 30.1 Å². The second-order valence-corrected chi connectivity index (χ2v) is 8.56. The van der Waals surface area contributed by atoms with E-state index in [1.165, 1.54) is 6.07 Å². The van der Waals surface area contributed by atoms with Gasteiger partial charge in [-0.1, -0.05) is 41.6 Å². The van der Waals surface area contributed by atoms with Gasteiger partial charge in [-0.2, -0.15) is 13.2 Å². The maximum Gasteiger partial charge on any atom is 0.417 e. The highest BCUT2D eigenvalue weighted by Gasteiger charge is 2.33. The van der Waals surface area contributed by atoms with Gasteiger partial charge in [-0.3, -0.25) is 9.36 Å². The molecule has 0 bridgehead atoms. The van der Waals surface area contributed by atoms with E-state index in [0.29, 0.717) is 23.3 Å². The molecular weight excluding hydrogens is 477 g/mol. The SMILES string of the molecule is C=CCn1c(SC(C)C(=O)Nc2ccc(Cl)c(C(F)(F)F)c2)nnc1-c1ccccc1OC. The Bertz CT molecular complexity index is 1170. The number of methoxy groups -OCH3 is 1. The van der Waals surface area contributed by atoms with Crippen LogP contribution in [0.25, 0.3) is 11.4 Å². The molecule has 0 saturated heterocycles. The standard InChI is InChI=1S/C22H20ClF3N4O2S/c1-4-11-30-19(15-7-5-6-8-18(15)32-3)28-29-21(30)33-13(2)20(31)27-14-9-10-17(23)16(12-14)22(24,25)26/h4-10,12-13H,1,11H2,2-3H3,(H,27,31). The van der Waals surface area contributed by atoms with Gasteiger partial charge in [0.1, 0.15) is 5.75 Å². The van der Waals surface area contributed by atoms with Gasteiger partial charge in [-0.15, -0.1) is 16.8 Å². The van der Waals surface area contributed by atoms with Crippen LogP contribution in [0.5, 0.6) is 5.75 Å². The number of carbonyl (C=O) groups is 1. The fourth-order valence-corrected chi connectivity index (χ4v) is 4.06. The first-order valence-electron chi connectivity index (χ1n) is 9.67. The van der Waals surface area contributed by atoms with Gasteiger partial charge in [0.15, 0.2) is 11.0 Å². The van der Waals surface area contributed by atoms with Gasteiger partial charge in [0, 0.05) is 12.2 Å². The number of ether oxygens (including phenoxy) is 1. The van der Waals surface area contributed by atoms with Crippen molar-refractivity contribution < 1.29 is 22.7 Å². The summed E-state index contributed by atoms with van der Waals surface area (Å²) < 4.78 is 46.5. The molecule has 0 spiro atoms. The first kappa shape index (κ1) is 24.7. The van der Waals surface area contributed by atoms with Crippen LogP contribution in [-0.2, 0) is 17.5 Å². The summed E-state index contributed by atoms with van der Waals surface area (Å²) in [5.74, 6) is 0.651. The van der Waals surface area contributed by atoms with E-state index >= 15 is 0 Å². The van der Waals surface area contributed by atoms with Crippen molar-refractivity contribution in [1.82, 2.24) is 14.8 Å². The molecule has 11 heteroatoms. The van der Waals surface area contributed by atoms with E-state index in [9.17, 15) is 18.0 Å². The number of amides is 1. The molecule has 6 nitrogen and oxygen atoms in total. The van der Waals surface area contributed by atoms with Crippen LogP contribution in [0.3, 0.4) is 0 Å². The van der Waals surface area contributed by atoms with Gasteiger partial charge in [-0.25, -0.2) is 0 Å². The normalized spacial score (nSPS) is 12.3. The third kappa shape index (κ3) is 5.69. The van der Waals surface area contributed by atoms with E-state index in [1.807, 2.05) is 18.2 Å². The Balaban J connectivity index is 1.82. The van der Waals surface area contributed by atoms with Crippen LogP contribution in [-0.4, -0.2) is 33.0 Å². The van der Waals surface area contributed by atoms with E-state index < -0.39 is 27.9 Å². The summed E-state index contributed by atoms with van der Waals surface area (Å²) in [5, 5.41) is 10.3. The van der Waals surface area contributed by atoms with Crippen LogP contribution in [0.15, 0.2) is 60.3 Å². The molecule has 0 fully saturated rings. The van der Waals surface area contributed by atoms with E-state index in [4.69, 9.17) is 16.3 Å². The Kier molecular flexibility index (Phi) is 7.70. The van der Waals surface area contributed by atoms with Crippen molar-refractivity contribution >= 4 is 35.0 Å². The number of hydrogen-bond acceptors (Lipinski definition) is 5. The summed E-state index contributed by atoms with van der Waals surface area (Å²) in [6, 6.07) is 10.5. The minimum Gasteiger partial charge on any atom is -0.496 e. The molecule has 3 aromatic rings. The number of thioether (sulfide) groups is 1. The molecule has 2 aromatic carbocycles.